The van der Waals surface area contributed by atoms with E-state index in [1.54, 1.807) is 6.07 Å². The van der Waals surface area contributed by atoms with Crippen molar-refractivity contribution in [3.8, 4) is 0 Å². The Bertz CT molecular complexity index is 588. The average Bonchev–Trinajstić information content (AvgIpc) is 3.25. The van der Waals surface area contributed by atoms with Gasteiger partial charge in [-0.1, -0.05) is 30.3 Å². The number of hydrogen-bond acceptors (Lipinski definition) is 1. The van der Waals surface area contributed by atoms with Crippen LogP contribution in [0.1, 0.15) is 35.4 Å². The number of anilines is 1. The summed E-state index contributed by atoms with van der Waals surface area (Å²) in [5.41, 5.74) is 4.36. The van der Waals surface area contributed by atoms with Crippen molar-refractivity contribution in [2.75, 3.05) is 5.32 Å². The molecule has 1 nitrogen and oxygen atoms in total. The summed E-state index contributed by atoms with van der Waals surface area (Å²) in [5.74, 6) is 0.537. The van der Waals surface area contributed by atoms with Crippen molar-refractivity contribution >= 4 is 5.69 Å². The maximum absolute atomic E-state index is 13.7. The van der Waals surface area contributed by atoms with Gasteiger partial charge in [-0.3, -0.25) is 0 Å². The molecule has 1 aliphatic rings. The second kappa shape index (κ2) is 5.04. The van der Waals surface area contributed by atoms with E-state index in [4.69, 9.17) is 0 Å². The Kier molecular flexibility index (Phi) is 3.24. The van der Waals surface area contributed by atoms with E-state index in [9.17, 15) is 4.39 Å². The Hall–Kier alpha value is -1.83. The topological polar surface area (TPSA) is 12.0 Å². The summed E-state index contributed by atoms with van der Waals surface area (Å²) in [4.78, 5) is 0. The minimum atomic E-state index is -0.186. The molecule has 2 heteroatoms. The van der Waals surface area contributed by atoms with E-state index in [-0.39, 0.29) is 5.82 Å². The van der Waals surface area contributed by atoms with Crippen molar-refractivity contribution in [1.29, 1.82) is 0 Å². The van der Waals surface area contributed by atoms with Crippen molar-refractivity contribution in [2.24, 2.45) is 0 Å². The molecule has 0 heterocycles. The molecule has 98 valence electrons. The van der Waals surface area contributed by atoms with Gasteiger partial charge in [0.05, 0.1) is 5.69 Å². The summed E-state index contributed by atoms with van der Waals surface area (Å²) in [7, 11) is 0. The fourth-order valence-electron chi connectivity index (χ4n) is 2.45. The quantitative estimate of drug-likeness (QED) is 0.840. The number of halogens is 1. The highest BCUT2D eigenvalue weighted by atomic mass is 19.1. The Morgan fingerprint density at radius 1 is 1.16 bits per heavy atom. The lowest BCUT2D eigenvalue weighted by Gasteiger charge is -2.12. The zero-order valence-corrected chi connectivity index (χ0v) is 11.1. The molecule has 1 N–H and O–H groups in total. The predicted octanol–water partition coefficient (Wildman–Crippen LogP) is 4.62. The van der Waals surface area contributed by atoms with Crippen LogP contribution in [0.3, 0.4) is 0 Å². The van der Waals surface area contributed by atoms with Crippen LogP contribution in [0.5, 0.6) is 0 Å². The monoisotopic (exact) mass is 255 g/mol. The second-order valence-electron chi connectivity index (χ2n) is 5.31. The molecule has 1 aliphatic carbocycles. The fraction of sp³-hybridized carbons (Fsp3) is 0.294. The Labute approximate surface area is 113 Å². The van der Waals surface area contributed by atoms with Crippen LogP contribution in [0, 0.1) is 12.7 Å². The summed E-state index contributed by atoms with van der Waals surface area (Å²) in [6.45, 7) is 2.66. The normalized spacial score (nSPS) is 14.4. The summed E-state index contributed by atoms with van der Waals surface area (Å²) < 4.78 is 13.7. The van der Waals surface area contributed by atoms with Gasteiger partial charge >= 0.3 is 0 Å². The molecule has 0 aliphatic heterocycles. The van der Waals surface area contributed by atoms with E-state index >= 15 is 0 Å². The third kappa shape index (κ3) is 2.78. The number of aryl methyl sites for hydroxylation is 1. The van der Waals surface area contributed by atoms with E-state index in [1.165, 1.54) is 30.0 Å². The molecule has 0 atom stereocenters. The first-order chi connectivity index (χ1) is 9.24. The Balaban J connectivity index is 1.77. The van der Waals surface area contributed by atoms with Crippen LogP contribution in [0.4, 0.5) is 10.1 Å². The van der Waals surface area contributed by atoms with Crippen LogP contribution >= 0.6 is 0 Å². The van der Waals surface area contributed by atoms with Crippen LogP contribution in [0.25, 0.3) is 0 Å². The number of hydrogen-bond donors (Lipinski definition) is 1. The van der Waals surface area contributed by atoms with E-state index < -0.39 is 0 Å². The van der Waals surface area contributed by atoms with Crippen molar-refractivity contribution < 1.29 is 4.39 Å². The molecule has 2 aromatic carbocycles. The molecule has 3 rings (SSSR count). The molecule has 2 aromatic rings. The van der Waals surface area contributed by atoms with Crippen LogP contribution < -0.4 is 5.32 Å². The standard InChI is InChI=1S/C17H18FN/c1-12-6-9-16(18)17(10-12)19-11-14-4-2-3-5-15(14)13-7-8-13/h2-6,9-10,13,19H,7-8,11H2,1H3. The minimum Gasteiger partial charge on any atom is -0.379 e. The Morgan fingerprint density at radius 3 is 2.74 bits per heavy atom. The largest absolute Gasteiger partial charge is 0.379 e. The maximum Gasteiger partial charge on any atom is 0.146 e. The Morgan fingerprint density at radius 2 is 1.95 bits per heavy atom. The third-order valence-electron chi connectivity index (χ3n) is 3.66. The summed E-state index contributed by atoms with van der Waals surface area (Å²) in [6, 6.07) is 13.6. The van der Waals surface area contributed by atoms with Crippen molar-refractivity contribution in [3.63, 3.8) is 0 Å². The van der Waals surface area contributed by atoms with Gasteiger partial charge in [0.25, 0.3) is 0 Å². The second-order valence-corrected chi connectivity index (χ2v) is 5.31. The first-order valence-electron chi connectivity index (χ1n) is 6.82. The van der Waals surface area contributed by atoms with E-state index in [0.717, 1.165) is 11.5 Å². The SMILES string of the molecule is Cc1ccc(F)c(NCc2ccccc2C2CC2)c1. The highest BCUT2D eigenvalue weighted by Crippen LogP contribution is 2.41. The van der Waals surface area contributed by atoms with Crippen LogP contribution in [0.15, 0.2) is 42.5 Å². The molecule has 0 spiro atoms. The summed E-state index contributed by atoms with van der Waals surface area (Å²) >= 11 is 0. The molecule has 1 fully saturated rings. The predicted molar refractivity (Wildman–Crippen MR) is 76.9 cm³/mol. The summed E-state index contributed by atoms with van der Waals surface area (Å²) in [5, 5.41) is 3.22. The van der Waals surface area contributed by atoms with Crippen molar-refractivity contribution in [2.45, 2.75) is 32.2 Å². The van der Waals surface area contributed by atoms with Gasteiger partial charge in [-0.25, -0.2) is 4.39 Å². The van der Waals surface area contributed by atoms with Gasteiger partial charge in [0.15, 0.2) is 0 Å². The third-order valence-corrected chi connectivity index (χ3v) is 3.66. The van der Waals surface area contributed by atoms with Gasteiger partial charge in [-0.05, 0) is 54.5 Å². The van der Waals surface area contributed by atoms with Crippen molar-refractivity contribution in [3.05, 3.63) is 65.0 Å². The highest BCUT2D eigenvalue weighted by Gasteiger charge is 2.25. The molecule has 0 amide bonds. The van der Waals surface area contributed by atoms with Gasteiger partial charge in [-0.2, -0.15) is 0 Å². The van der Waals surface area contributed by atoms with E-state index in [0.29, 0.717) is 12.2 Å². The van der Waals surface area contributed by atoms with Crippen LogP contribution in [-0.2, 0) is 6.54 Å². The lowest BCUT2D eigenvalue weighted by atomic mass is 10.0. The van der Waals surface area contributed by atoms with E-state index in [2.05, 4.69) is 29.6 Å². The van der Waals surface area contributed by atoms with Gasteiger partial charge < -0.3 is 5.32 Å². The maximum atomic E-state index is 13.7. The zero-order valence-electron chi connectivity index (χ0n) is 11.1. The molecule has 0 bridgehead atoms. The average molecular weight is 255 g/mol. The number of benzene rings is 2. The van der Waals surface area contributed by atoms with Gasteiger partial charge in [-0.15, -0.1) is 0 Å². The van der Waals surface area contributed by atoms with E-state index in [1.807, 2.05) is 13.0 Å². The first kappa shape index (κ1) is 12.2. The molecular formula is C17H18FN. The molecule has 0 radical (unpaired) electrons. The molecular weight excluding hydrogens is 237 g/mol. The van der Waals surface area contributed by atoms with Gasteiger partial charge in [0, 0.05) is 6.54 Å². The number of nitrogens with one attached hydrogen (secondary N) is 1. The summed E-state index contributed by atoms with van der Waals surface area (Å²) in [6.07, 6.45) is 2.58. The van der Waals surface area contributed by atoms with Gasteiger partial charge in [0.2, 0.25) is 0 Å². The number of rotatable bonds is 4. The van der Waals surface area contributed by atoms with Crippen molar-refractivity contribution in [1.82, 2.24) is 0 Å². The molecule has 1 saturated carbocycles. The zero-order chi connectivity index (χ0) is 13.2. The minimum absolute atomic E-state index is 0.186. The van der Waals surface area contributed by atoms with Gasteiger partial charge in [0.1, 0.15) is 5.82 Å². The van der Waals surface area contributed by atoms with Crippen LogP contribution in [-0.4, -0.2) is 0 Å². The highest BCUT2D eigenvalue weighted by molar-refractivity contribution is 5.48. The fourth-order valence-corrected chi connectivity index (χ4v) is 2.45. The molecule has 0 aromatic heterocycles. The van der Waals surface area contributed by atoms with Crippen LogP contribution in [0.2, 0.25) is 0 Å². The smallest absolute Gasteiger partial charge is 0.146 e. The lowest BCUT2D eigenvalue weighted by molar-refractivity contribution is 0.629. The molecule has 0 saturated heterocycles. The lowest BCUT2D eigenvalue weighted by Crippen LogP contribution is -2.04. The first-order valence-corrected chi connectivity index (χ1v) is 6.82. The molecule has 0 unspecified atom stereocenters. The molecule has 19 heavy (non-hydrogen) atoms.